The Kier molecular flexibility index (Phi) is 5.39. The van der Waals surface area contributed by atoms with Crippen LogP contribution < -0.4 is 11.1 Å². The first-order valence-corrected chi connectivity index (χ1v) is 7.81. The van der Waals surface area contributed by atoms with Crippen molar-refractivity contribution in [3.8, 4) is 17.6 Å². The highest BCUT2D eigenvalue weighted by molar-refractivity contribution is 9.10. The molecule has 0 fully saturated rings. The summed E-state index contributed by atoms with van der Waals surface area (Å²) in [4.78, 5) is 13.0. The first kappa shape index (κ1) is 15.6. The lowest BCUT2D eigenvalue weighted by molar-refractivity contribution is 0.0951. The van der Waals surface area contributed by atoms with Crippen molar-refractivity contribution < 1.29 is 9.90 Å². The van der Waals surface area contributed by atoms with Gasteiger partial charge in [-0.3, -0.25) is 4.79 Å². The Balaban J connectivity index is 2.04. The minimum absolute atomic E-state index is 0.0354. The second-order valence-electron chi connectivity index (χ2n) is 4.11. The van der Waals surface area contributed by atoms with Gasteiger partial charge in [-0.05, 0) is 45.6 Å². The number of aromatic hydroxyl groups is 1. The van der Waals surface area contributed by atoms with Gasteiger partial charge < -0.3 is 16.2 Å². The second kappa shape index (κ2) is 7.27. The van der Waals surface area contributed by atoms with Crippen molar-refractivity contribution in [1.82, 2.24) is 5.32 Å². The largest absolute Gasteiger partial charge is 0.507 e. The number of benzene rings is 1. The van der Waals surface area contributed by atoms with Crippen LogP contribution in [-0.2, 0) is 6.54 Å². The van der Waals surface area contributed by atoms with E-state index in [-0.39, 0.29) is 11.7 Å². The highest BCUT2D eigenvalue weighted by Gasteiger charge is 2.09. The van der Waals surface area contributed by atoms with Gasteiger partial charge in [-0.2, -0.15) is 0 Å². The quantitative estimate of drug-likeness (QED) is 0.732. The van der Waals surface area contributed by atoms with E-state index in [2.05, 4.69) is 33.1 Å². The molecular weight excluding hydrogens is 352 g/mol. The number of amides is 1. The molecular formula is C15H13BrN2O2S. The van der Waals surface area contributed by atoms with Crippen molar-refractivity contribution in [2.75, 3.05) is 6.54 Å². The topological polar surface area (TPSA) is 75.3 Å². The first-order chi connectivity index (χ1) is 10.1. The predicted molar refractivity (Wildman–Crippen MR) is 87.2 cm³/mol. The van der Waals surface area contributed by atoms with Crippen LogP contribution in [0.3, 0.4) is 0 Å². The normalized spacial score (nSPS) is 9.81. The van der Waals surface area contributed by atoms with Crippen LogP contribution in [0.5, 0.6) is 5.75 Å². The highest BCUT2D eigenvalue weighted by atomic mass is 79.9. The van der Waals surface area contributed by atoms with Crippen LogP contribution in [0, 0.1) is 11.8 Å². The minimum atomic E-state index is -0.246. The van der Waals surface area contributed by atoms with Crippen LogP contribution in [0.1, 0.15) is 20.8 Å². The lowest BCUT2D eigenvalue weighted by Crippen LogP contribution is -2.22. The molecule has 0 bridgehead atoms. The van der Waals surface area contributed by atoms with Crippen molar-refractivity contribution in [3.05, 3.63) is 50.1 Å². The Labute approximate surface area is 135 Å². The van der Waals surface area contributed by atoms with E-state index in [1.165, 1.54) is 17.4 Å². The number of hydrogen-bond acceptors (Lipinski definition) is 4. The molecule has 0 spiro atoms. The van der Waals surface area contributed by atoms with E-state index in [9.17, 15) is 9.90 Å². The summed E-state index contributed by atoms with van der Waals surface area (Å²) in [7, 11) is 0. The molecule has 0 aliphatic rings. The monoisotopic (exact) mass is 364 g/mol. The summed E-state index contributed by atoms with van der Waals surface area (Å²) < 4.78 is 0.552. The maximum absolute atomic E-state index is 12.0. The van der Waals surface area contributed by atoms with Crippen LogP contribution in [0.25, 0.3) is 0 Å². The number of nitrogens with two attached hydrogens (primary N) is 1. The summed E-state index contributed by atoms with van der Waals surface area (Å²) >= 11 is 4.70. The lowest BCUT2D eigenvalue weighted by Gasteiger charge is -2.05. The standard InChI is InChI=1S/C15H13BrN2O2S/c16-12-4-3-11(8-13(12)19)15(20)18-9-14-10(2-1-6-17)5-7-21-14/h3-5,7-8,19H,6,9,17H2,(H,18,20). The Morgan fingerprint density at radius 2 is 2.24 bits per heavy atom. The van der Waals surface area contributed by atoms with Crippen molar-refractivity contribution in [3.63, 3.8) is 0 Å². The van der Waals surface area contributed by atoms with Crippen molar-refractivity contribution in [2.24, 2.45) is 5.73 Å². The number of rotatable bonds is 3. The fraction of sp³-hybridized carbons (Fsp3) is 0.133. The molecule has 0 saturated carbocycles. The lowest BCUT2D eigenvalue weighted by atomic mass is 10.2. The third-order valence-corrected chi connectivity index (χ3v) is 4.28. The molecule has 0 aliphatic carbocycles. The summed E-state index contributed by atoms with van der Waals surface area (Å²) in [5, 5.41) is 14.3. The van der Waals surface area contributed by atoms with E-state index in [0.29, 0.717) is 23.1 Å². The number of thiophene rings is 1. The second-order valence-corrected chi connectivity index (χ2v) is 5.97. The van der Waals surface area contributed by atoms with Crippen molar-refractivity contribution >= 4 is 33.2 Å². The molecule has 6 heteroatoms. The van der Waals surface area contributed by atoms with Crippen LogP contribution in [0.4, 0.5) is 0 Å². The van der Waals surface area contributed by atoms with Crippen molar-refractivity contribution in [2.45, 2.75) is 6.54 Å². The molecule has 1 amide bonds. The molecule has 2 rings (SSSR count). The molecule has 0 atom stereocenters. The molecule has 0 unspecified atom stereocenters. The summed E-state index contributed by atoms with van der Waals surface area (Å²) in [6.45, 7) is 0.696. The van der Waals surface area contributed by atoms with E-state index in [4.69, 9.17) is 5.73 Å². The number of halogens is 1. The minimum Gasteiger partial charge on any atom is -0.507 e. The number of nitrogens with one attached hydrogen (secondary N) is 1. The molecule has 4 N–H and O–H groups in total. The van der Waals surface area contributed by atoms with Crippen LogP contribution in [0.15, 0.2) is 34.1 Å². The molecule has 1 heterocycles. The molecule has 108 valence electrons. The summed E-state index contributed by atoms with van der Waals surface area (Å²) in [6, 6.07) is 6.60. The van der Waals surface area contributed by atoms with E-state index in [1.807, 2.05) is 11.4 Å². The van der Waals surface area contributed by atoms with Gasteiger partial charge in [0.1, 0.15) is 5.75 Å². The SMILES string of the molecule is NCC#Cc1ccsc1CNC(=O)c1ccc(Br)c(O)c1. The molecule has 1 aromatic carbocycles. The Morgan fingerprint density at radius 3 is 2.95 bits per heavy atom. The van der Waals surface area contributed by atoms with Gasteiger partial charge in [0.25, 0.3) is 5.91 Å². The van der Waals surface area contributed by atoms with Gasteiger partial charge in [-0.1, -0.05) is 11.8 Å². The number of carbonyl (C=O) groups is 1. The zero-order chi connectivity index (χ0) is 15.2. The Bertz CT molecular complexity index is 716. The first-order valence-electron chi connectivity index (χ1n) is 6.14. The van der Waals surface area contributed by atoms with Gasteiger partial charge in [0, 0.05) is 16.0 Å². The van der Waals surface area contributed by atoms with Gasteiger partial charge in [-0.25, -0.2) is 0 Å². The van der Waals surface area contributed by atoms with E-state index in [0.717, 1.165) is 10.4 Å². The molecule has 2 aromatic rings. The van der Waals surface area contributed by atoms with Gasteiger partial charge >= 0.3 is 0 Å². The molecule has 4 nitrogen and oxygen atoms in total. The fourth-order valence-corrected chi connectivity index (χ4v) is 2.67. The molecule has 0 radical (unpaired) electrons. The zero-order valence-corrected chi connectivity index (χ0v) is 13.4. The van der Waals surface area contributed by atoms with Gasteiger partial charge in [-0.15, -0.1) is 11.3 Å². The Morgan fingerprint density at radius 1 is 1.43 bits per heavy atom. The summed E-state index contributed by atoms with van der Waals surface area (Å²) in [5.74, 6) is 5.56. The smallest absolute Gasteiger partial charge is 0.251 e. The molecule has 1 aromatic heterocycles. The highest BCUT2D eigenvalue weighted by Crippen LogP contribution is 2.24. The fourth-order valence-electron chi connectivity index (χ4n) is 1.65. The van der Waals surface area contributed by atoms with Crippen LogP contribution in [0.2, 0.25) is 0 Å². The van der Waals surface area contributed by atoms with Crippen LogP contribution in [-0.4, -0.2) is 17.6 Å². The van der Waals surface area contributed by atoms with E-state index in [1.54, 1.807) is 12.1 Å². The third kappa shape index (κ3) is 4.08. The number of phenols is 1. The average Bonchev–Trinajstić information content (AvgIpc) is 2.92. The van der Waals surface area contributed by atoms with Crippen molar-refractivity contribution in [1.29, 1.82) is 0 Å². The Hall–Kier alpha value is -1.81. The maximum atomic E-state index is 12.0. The molecule has 0 aliphatic heterocycles. The summed E-state index contributed by atoms with van der Waals surface area (Å²) in [6.07, 6.45) is 0. The number of hydrogen-bond donors (Lipinski definition) is 3. The van der Waals surface area contributed by atoms with Gasteiger partial charge in [0.05, 0.1) is 17.6 Å². The number of phenolic OH excluding ortho intramolecular Hbond substituents is 1. The maximum Gasteiger partial charge on any atom is 0.251 e. The zero-order valence-electron chi connectivity index (χ0n) is 11.0. The predicted octanol–water partition coefficient (Wildman–Crippen LogP) is 2.46. The van der Waals surface area contributed by atoms with E-state index < -0.39 is 0 Å². The van der Waals surface area contributed by atoms with Gasteiger partial charge in [0.15, 0.2) is 0 Å². The third-order valence-electron chi connectivity index (χ3n) is 2.69. The average molecular weight is 365 g/mol. The van der Waals surface area contributed by atoms with Crippen LogP contribution >= 0.6 is 27.3 Å². The molecule has 21 heavy (non-hydrogen) atoms. The van der Waals surface area contributed by atoms with Gasteiger partial charge in [0.2, 0.25) is 0 Å². The number of carbonyl (C=O) groups excluding carboxylic acids is 1. The molecule has 0 saturated heterocycles. The summed E-state index contributed by atoms with van der Waals surface area (Å²) in [5.41, 5.74) is 6.64. The van der Waals surface area contributed by atoms with E-state index >= 15 is 0 Å².